The molecule has 1 heterocycles. The first-order valence-corrected chi connectivity index (χ1v) is 12.1. The minimum atomic E-state index is -4.87. The lowest BCUT2D eigenvalue weighted by atomic mass is 10.1. The van der Waals surface area contributed by atoms with Crippen molar-refractivity contribution in [3.63, 3.8) is 0 Å². The van der Waals surface area contributed by atoms with Crippen LogP contribution in [0, 0.1) is 0 Å². The monoisotopic (exact) mass is 558 g/mol. The summed E-state index contributed by atoms with van der Waals surface area (Å²) in [6.45, 7) is 4.23. The van der Waals surface area contributed by atoms with E-state index in [0.29, 0.717) is 41.6 Å². The van der Waals surface area contributed by atoms with Crippen molar-refractivity contribution >= 4 is 29.1 Å². The molecular weight excluding hydrogens is 532 g/mol. The molecule has 1 unspecified atom stereocenters. The standard InChI is InChI=1S/C25H27Cl2F3N4O3/c1-3-31-23-22(24(36)33(2)9-4-10-35)34(15-16-5-7-18(26)8-6-16)21(32-23)13-17-11-19(27)14-20(12-17)37-25(28,29)30/h3,5-8,11-12,14,21,31-32,35H,1,4,9-10,13,15H2,2H3. The molecule has 0 saturated heterocycles. The number of ether oxygens (including phenoxy) is 1. The molecule has 0 radical (unpaired) electrons. The molecule has 1 aliphatic heterocycles. The van der Waals surface area contributed by atoms with Crippen LogP contribution in [0.3, 0.4) is 0 Å². The highest BCUT2D eigenvalue weighted by Crippen LogP contribution is 2.30. The van der Waals surface area contributed by atoms with Crippen molar-refractivity contribution in [1.29, 1.82) is 0 Å². The van der Waals surface area contributed by atoms with Gasteiger partial charge in [-0.15, -0.1) is 13.2 Å². The number of hydrogen-bond donors (Lipinski definition) is 3. The number of hydrogen-bond acceptors (Lipinski definition) is 6. The van der Waals surface area contributed by atoms with Crippen LogP contribution in [0.25, 0.3) is 0 Å². The molecule has 1 amide bonds. The van der Waals surface area contributed by atoms with Crippen molar-refractivity contribution in [2.75, 3.05) is 20.2 Å². The number of carbonyl (C=O) groups is 1. The van der Waals surface area contributed by atoms with E-state index >= 15 is 0 Å². The smallest absolute Gasteiger partial charge is 0.406 e. The van der Waals surface area contributed by atoms with Crippen LogP contribution in [0.1, 0.15) is 17.5 Å². The summed E-state index contributed by atoms with van der Waals surface area (Å²) in [7, 11) is 1.63. The number of rotatable bonds is 11. The van der Waals surface area contributed by atoms with Crippen LogP contribution in [0.5, 0.6) is 5.75 Å². The third-order valence-electron chi connectivity index (χ3n) is 5.52. The number of aliphatic hydroxyl groups is 1. The van der Waals surface area contributed by atoms with Gasteiger partial charge in [-0.3, -0.25) is 4.79 Å². The molecule has 7 nitrogen and oxygen atoms in total. The Labute approximate surface area is 223 Å². The molecule has 1 atom stereocenters. The van der Waals surface area contributed by atoms with Crippen LogP contribution in [0.15, 0.2) is 66.8 Å². The number of carbonyl (C=O) groups excluding carboxylic acids is 1. The summed E-state index contributed by atoms with van der Waals surface area (Å²) in [5, 5.41) is 16.0. The maximum atomic E-state index is 13.5. The zero-order valence-corrected chi connectivity index (χ0v) is 21.5. The van der Waals surface area contributed by atoms with Crippen molar-refractivity contribution in [2.24, 2.45) is 0 Å². The zero-order valence-electron chi connectivity index (χ0n) is 20.0. The van der Waals surface area contributed by atoms with E-state index in [9.17, 15) is 23.1 Å². The fraction of sp³-hybridized carbons (Fsp3) is 0.320. The lowest BCUT2D eigenvalue weighted by Crippen LogP contribution is -2.42. The van der Waals surface area contributed by atoms with Crippen LogP contribution in [-0.2, 0) is 17.8 Å². The number of amides is 1. The molecule has 37 heavy (non-hydrogen) atoms. The van der Waals surface area contributed by atoms with Gasteiger partial charge in [0, 0.05) is 43.2 Å². The molecule has 0 saturated carbocycles. The Morgan fingerprint density at radius 2 is 1.92 bits per heavy atom. The van der Waals surface area contributed by atoms with Gasteiger partial charge in [0.15, 0.2) is 0 Å². The van der Waals surface area contributed by atoms with Gasteiger partial charge in [0.05, 0.1) is 0 Å². The maximum absolute atomic E-state index is 13.5. The highest BCUT2D eigenvalue weighted by atomic mass is 35.5. The first-order chi connectivity index (χ1) is 17.5. The lowest BCUT2D eigenvalue weighted by molar-refractivity contribution is -0.274. The summed E-state index contributed by atoms with van der Waals surface area (Å²) in [6.07, 6.45) is -3.41. The molecule has 0 aliphatic carbocycles. The Hall–Kier alpha value is -3.08. The maximum Gasteiger partial charge on any atom is 0.573 e. The average molecular weight is 559 g/mol. The van der Waals surface area contributed by atoms with Gasteiger partial charge in [0.2, 0.25) is 0 Å². The zero-order chi connectivity index (χ0) is 27.2. The van der Waals surface area contributed by atoms with Crippen molar-refractivity contribution in [2.45, 2.75) is 31.9 Å². The van der Waals surface area contributed by atoms with E-state index in [1.165, 1.54) is 17.2 Å². The second-order valence-electron chi connectivity index (χ2n) is 8.34. The number of halogens is 5. The molecule has 2 aromatic rings. The van der Waals surface area contributed by atoms with Gasteiger partial charge in [-0.05, 0) is 54.1 Å². The summed E-state index contributed by atoms with van der Waals surface area (Å²) < 4.78 is 42.5. The van der Waals surface area contributed by atoms with Crippen molar-refractivity contribution in [3.05, 3.63) is 87.9 Å². The molecule has 2 aromatic carbocycles. The predicted molar refractivity (Wildman–Crippen MR) is 135 cm³/mol. The van der Waals surface area contributed by atoms with Gasteiger partial charge in [0.25, 0.3) is 5.91 Å². The normalized spacial score (nSPS) is 15.4. The van der Waals surface area contributed by atoms with E-state index in [-0.39, 0.29) is 24.0 Å². The largest absolute Gasteiger partial charge is 0.573 e. The molecule has 12 heteroatoms. The van der Waals surface area contributed by atoms with Gasteiger partial charge in [0.1, 0.15) is 23.4 Å². The number of nitrogens with one attached hydrogen (secondary N) is 2. The summed E-state index contributed by atoms with van der Waals surface area (Å²) in [5.41, 5.74) is 1.63. The van der Waals surface area contributed by atoms with E-state index in [1.54, 1.807) is 25.2 Å². The molecule has 3 rings (SSSR count). The average Bonchev–Trinajstić information content (AvgIpc) is 3.13. The Kier molecular flexibility index (Phi) is 9.58. The van der Waals surface area contributed by atoms with E-state index in [0.717, 1.165) is 11.6 Å². The Morgan fingerprint density at radius 3 is 2.54 bits per heavy atom. The van der Waals surface area contributed by atoms with Crippen molar-refractivity contribution in [1.82, 2.24) is 20.4 Å². The Bertz CT molecular complexity index is 1140. The lowest BCUT2D eigenvalue weighted by Gasteiger charge is -2.30. The van der Waals surface area contributed by atoms with Gasteiger partial charge in [-0.1, -0.05) is 41.9 Å². The predicted octanol–water partition coefficient (Wildman–Crippen LogP) is 4.61. The van der Waals surface area contributed by atoms with Gasteiger partial charge in [-0.2, -0.15) is 0 Å². The van der Waals surface area contributed by atoms with Gasteiger partial charge < -0.3 is 30.3 Å². The molecular formula is C25H27Cl2F3N4O3. The van der Waals surface area contributed by atoms with Crippen LogP contribution >= 0.6 is 23.2 Å². The van der Waals surface area contributed by atoms with E-state index in [4.69, 9.17) is 23.2 Å². The fourth-order valence-electron chi connectivity index (χ4n) is 3.94. The fourth-order valence-corrected chi connectivity index (χ4v) is 4.31. The molecule has 0 bridgehead atoms. The molecule has 0 spiro atoms. The highest BCUT2D eigenvalue weighted by molar-refractivity contribution is 6.31. The third-order valence-corrected chi connectivity index (χ3v) is 5.99. The van der Waals surface area contributed by atoms with E-state index in [2.05, 4.69) is 21.9 Å². The second kappa shape index (κ2) is 12.4. The topological polar surface area (TPSA) is 77.1 Å². The number of nitrogens with zero attached hydrogens (tertiary/aromatic N) is 2. The van der Waals surface area contributed by atoms with Gasteiger partial charge >= 0.3 is 6.36 Å². The third kappa shape index (κ3) is 7.95. The molecule has 200 valence electrons. The van der Waals surface area contributed by atoms with Crippen LogP contribution in [0.4, 0.5) is 13.2 Å². The number of benzene rings is 2. The Morgan fingerprint density at radius 1 is 1.22 bits per heavy atom. The van der Waals surface area contributed by atoms with Crippen molar-refractivity contribution < 1.29 is 27.8 Å². The first kappa shape index (κ1) is 28.5. The van der Waals surface area contributed by atoms with Crippen molar-refractivity contribution in [3.8, 4) is 5.75 Å². The molecule has 0 aromatic heterocycles. The van der Waals surface area contributed by atoms with E-state index < -0.39 is 18.3 Å². The Balaban J connectivity index is 1.97. The second-order valence-corrected chi connectivity index (χ2v) is 9.21. The summed E-state index contributed by atoms with van der Waals surface area (Å²) in [4.78, 5) is 16.8. The number of aliphatic hydroxyl groups excluding tert-OH is 1. The number of likely N-dealkylation sites (N-methyl/N-ethyl adjacent to an activating group) is 1. The molecule has 1 aliphatic rings. The minimum Gasteiger partial charge on any atom is -0.406 e. The van der Waals surface area contributed by atoms with Crippen LogP contribution in [0.2, 0.25) is 10.0 Å². The molecule has 0 fully saturated rings. The number of alkyl halides is 3. The highest BCUT2D eigenvalue weighted by Gasteiger charge is 2.37. The minimum absolute atomic E-state index is 0.0686. The molecule has 3 N–H and O–H groups in total. The summed E-state index contributed by atoms with van der Waals surface area (Å²) in [6, 6.07) is 11.0. The van der Waals surface area contributed by atoms with Crippen LogP contribution in [-0.4, -0.2) is 53.5 Å². The summed E-state index contributed by atoms with van der Waals surface area (Å²) >= 11 is 12.1. The van der Waals surface area contributed by atoms with Gasteiger partial charge in [-0.25, -0.2) is 0 Å². The summed E-state index contributed by atoms with van der Waals surface area (Å²) in [5.74, 6) is -0.354. The van der Waals surface area contributed by atoms with Crippen LogP contribution < -0.4 is 15.4 Å². The SMILES string of the molecule is C=CNC1=C(C(=O)N(C)CCCO)N(Cc2ccc(Cl)cc2)C(Cc2cc(Cl)cc(OC(F)(F)F)c2)N1. The quantitative estimate of drug-likeness (QED) is 0.374. The first-order valence-electron chi connectivity index (χ1n) is 11.3. The van der Waals surface area contributed by atoms with E-state index in [1.807, 2.05) is 17.0 Å².